The van der Waals surface area contributed by atoms with Gasteiger partial charge in [0, 0.05) is 19.4 Å². The van der Waals surface area contributed by atoms with Crippen molar-refractivity contribution in [2.75, 3.05) is 0 Å². The summed E-state index contributed by atoms with van der Waals surface area (Å²) in [6.07, 6.45) is 6.50. The third-order valence-electron chi connectivity index (χ3n) is 5.00. The van der Waals surface area contributed by atoms with Gasteiger partial charge in [-0.05, 0) is 53.4 Å². The molecule has 1 aromatic rings. The Balaban J connectivity index is 1.75. The van der Waals surface area contributed by atoms with E-state index in [0.717, 1.165) is 34.6 Å². The number of carbonyl (C=O) groups excluding carboxylic acids is 1. The maximum Gasteiger partial charge on any atom is 0.142 e. The summed E-state index contributed by atoms with van der Waals surface area (Å²) >= 11 is 3.60. The van der Waals surface area contributed by atoms with Gasteiger partial charge in [-0.2, -0.15) is 5.10 Å². The third-order valence-corrected chi connectivity index (χ3v) is 5.91. The largest absolute Gasteiger partial charge is 0.299 e. The Morgan fingerprint density at radius 3 is 2.74 bits per heavy atom. The third kappa shape index (κ3) is 2.28. The van der Waals surface area contributed by atoms with Crippen molar-refractivity contribution in [3.8, 4) is 0 Å². The van der Waals surface area contributed by atoms with Crippen molar-refractivity contribution >= 4 is 21.7 Å². The molecule has 1 heterocycles. The van der Waals surface area contributed by atoms with Crippen LogP contribution in [0.3, 0.4) is 0 Å². The molecule has 0 aromatic carbocycles. The summed E-state index contributed by atoms with van der Waals surface area (Å²) in [5.41, 5.74) is 2.10. The van der Waals surface area contributed by atoms with Gasteiger partial charge < -0.3 is 0 Å². The minimum Gasteiger partial charge on any atom is -0.299 e. The number of nitrogens with zero attached hydrogens (tertiary/aromatic N) is 2. The molecule has 2 fully saturated rings. The van der Waals surface area contributed by atoms with E-state index >= 15 is 0 Å². The molecule has 2 aliphatic carbocycles. The summed E-state index contributed by atoms with van der Waals surface area (Å²) in [6, 6.07) is 0. The number of carbonyl (C=O) groups is 1. The van der Waals surface area contributed by atoms with Crippen LogP contribution in [0.2, 0.25) is 0 Å². The van der Waals surface area contributed by atoms with Crippen LogP contribution in [0.25, 0.3) is 0 Å². The molecule has 0 radical (unpaired) electrons. The van der Waals surface area contributed by atoms with Crippen LogP contribution in [0.15, 0.2) is 4.47 Å². The zero-order valence-electron chi connectivity index (χ0n) is 11.7. The molecular weight excluding hydrogens is 304 g/mol. The van der Waals surface area contributed by atoms with Gasteiger partial charge in [-0.1, -0.05) is 13.3 Å². The van der Waals surface area contributed by atoms with Crippen LogP contribution in [0.1, 0.15) is 44.0 Å². The maximum atomic E-state index is 12.5. The summed E-state index contributed by atoms with van der Waals surface area (Å²) in [6.45, 7) is 2.09. The van der Waals surface area contributed by atoms with Gasteiger partial charge in [-0.25, -0.2) is 0 Å². The number of rotatable bonds is 4. The van der Waals surface area contributed by atoms with Gasteiger partial charge in [0.2, 0.25) is 0 Å². The van der Waals surface area contributed by atoms with E-state index in [2.05, 4.69) is 28.0 Å². The minimum atomic E-state index is 0.325. The van der Waals surface area contributed by atoms with Crippen molar-refractivity contribution in [1.82, 2.24) is 9.78 Å². The van der Waals surface area contributed by atoms with E-state index in [4.69, 9.17) is 0 Å². The lowest BCUT2D eigenvalue weighted by molar-refractivity contribution is -0.123. The molecule has 0 N–H and O–H groups in total. The van der Waals surface area contributed by atoms with Crippen molar-refractivity contribution in [1.29, 1.82) is 0 Å². The molecule has 104 valence electrons. The summed E-state index contributed by atoms with van der Waals surface area (Å²) in [5.74, 6) is 2.26. The fourth-order valence-electron chi connectivity index (χ4n) is 3.95. The number of hydrogen-bond acceptors (Lipinski definition) is 2. The molecular formula is C15H21BrN2O. The Morgan fingerprint density at radius 1 is 1.42 bits per heavy atom. The number of fused-ring (bicyclic) bond motifs is 2. The van der Waals surface area contributed by atoms with E-state index in [1.165, 1.54) is 19.3 Å². The van der Waals surface area contributed by atoms with Crippen LogP contribution in [0.5, 0.6) is 0 Å². The Morgan fingerprint density at radius 2 is 2.21 bits per heavy atom. The topological polar surface area (TPSA) is 34.9 Å². The average Bonchev–Trinajstić information content (AvgIpc) is 3.08. The zero-order valence-corrected chi connectivity index (χ0v) is 13.2. The molecule has 4 heteroatoms. The first-order chi connectivity index (χ1) is 9.10. The highest BCUT2D eigenvalue weighted by Crippen LogP contribution is 2.48. The van der Waals surface area contributed by atoms with Crippen LogP contribution in [0, 0.1) is 17.8 Å². The molecule has 2 aliphatic rings. The highest BCUT2D eigenvalue weighted by Gasteiger charge is 2.42. The molecule has 3 atom stereocenters. The fraction of sp³-hybridized carbons (Fsp3) is 0.733. The van der Waals surface area contributed by atoms with Crippen molar-refractivity contribution in [2.24, 2.45) is 24.8 Å². The number of halogens is 1. The molecule has 0 aliphatic heterocycles. The Kier molecular flexibility index (Phi) is 3.54. The van der Waals surface area contributed by atoms with Gasteiger partial charge in [-0.15, -0.1) is 0 Å². The van der Waals surface area contributed by atoms with Gasteiger partial charge in [-0.3, -0.25) is 9.48 Å². The number of Topliss-reactive ketones (excluding diaryl/α,β-unsaturated/α-hetero) is 1. The molecule has 19 heavy (non-hydrogen) atoms. The van der Waals surface area contributed by atoms with E-state index in [-0.39, 0.29) is 0 Å². The first kappa shape index (κ1) is 13.3. The van der Waals surface area contributed by atoms with Crippen molar-refractivity contribution in [3.63, 3.8) is 0 Å². The van der Waals surface area contributed by atoms with E-state index in [1.54, 1.807) is 0 Å². The predicted octanol–water partition coefficient (Wildman–Crippen LogP) is 3.29. The van der Waals surface area contributed by atoms with E-state index in [0.29, 0.717) is 24.0 Å². The number of hydrogen-bond donors (Lipinski definition) is 0. The molecule has 3 unspecified atom stereocenters. The molecule has 0 saturated heterocycles. The Labute approximate surface area is 122 Å². The quantitative estimate of drug-likeness (QED) is 0.851. The van der Waals surface area contributed by atoms with E-state index < -0.39 is 0 Å². The van der Waals surface area contributed by atoms with E-state index in [9.17, 15) is 4.79 Å². The van der Waals surface area contributed by atoms with Gasteiger partial charge in [0.1, 0.15) is 5.78 Å². The Hall–Kier alpha value is -0.640. The molecule has 2 bridgehead atoms. The molecule has 2 saturated carbocycles. The molecule has 3 nitrogen and oxygen atoms in total. The Bertz CT molecular complexity index is 508. The van der Waals surface area contributed by atoms with Crippen LogP contribution < -0.4 is 0 Å². The first-order valence-electron chi connectivity index (χ1n) is 7.33. The average molecular weight is 325 g/mol. The molecule has 3 rings (SSSR count). The SMILES string of the molecule is CCc1nn(C)c(CC(=O)C2CC3CCC2C3)c1Br. The smallest absolute Gasteiger partial charge is 0.142 e. The molecule has 0 amide bonds. The van der Waals surface area contributed by atoms with Crippen molar-refractivity contribution in [3.05, 3.63) is 15.9 Å². The van der Waals surface area contributed by atoms with Crippen LogP contribution in [0.4, 0.5) is 0 Å². The monoisotopic (exact) mass is 324 g/mol. The summed E-state index contributed by atoms with van der Waals surface area (Å²) in [4.78, 5) is 12.5. The second kappa shape index (κ2) is 5.04. The maximum absolute atomic E-state index is 12.5. The fourth-order valence-corrected chi connectivity index (χ4v) is 4.70. The predicted molar refractivity (Wildman–Crippen MR) is 77.9 cm³/mol. The van der Waals surface area contributed by atoms with Crippen molar-refractivity contribution < 1.29 is 4.79 Å². The van der Waals surface area contributed by atoms with Crippen LogP contribution >= 0.6 is 15.9 Å². The van der Waals surface area contributed by atoms with Gasteiger partial charge in [0.15, 0.2) is 0 Å². The lowest BCUT2D eigenvalue weighted by atomic mass is 9.84. The highest BCUT2D eigenvalue weighted by molar-refractivity contribution is 9.10. The number of ketones is 1. The summed E-state index contributed by atoms with van der Waals surface area (Å²) < 4.78 is 2.91. The lowest BCUT2D eigenvalue weighted by Gasteiger charge is -2.20. The summed E-state index contributed by atoms with van der Waals surface area (Å²) in [7, 11) is 1.94. The van der Waals surface area contributed by atoms with E-state index in [1.807, 2.05) is 11.7 Å². The second-order valence-electron chi connectivity index (χ2n) is 6.11. The minimum absolute atomic E-state index is 0.325. The normalized spacial score (nSPS) is 29.1. The summed E-state index contributed by atoms with van der Waals surface area (Å²) in [5, 5.41) is 4.47. The zero-order chi connectivity index (χ0) is 13.6. The van der Waals surface area contributed by atoms with Gasteiger partial charge in [0.05, 0.1) is 15.9 Å². The number of aryl methyl sites for hydroxylation is 2. The van der Waals surface area contributed by atoms with Crippen molar-refractivity contribution in [2.45, 2.75) is 45.4 Å². The highest BCUT2D eigenvalue weighted by atomic mass is 79.9. The van der Waals surface area contributed by atoms with Gasteiger partial charge in [0.25, 0.3) is 0 Å². The van der Waals surface area contributed by atoms with Crippen LogP contribution in [-0.2, 0) is 24.7 Å². The second-order valence-corrected chi connectivity index (χ2v) is 6.90. The van der Waals surface area contributed by atoms with Crippen LogP contribution in [-0.4, -0.2) is 15.6 Å². The standard InChI is InChI=1S/C15H21BrN2O/c1-3-12-15(16)13(18(2)17-12)8-14(19)11-7-9-4-5-10(11)6-9/h9-11H,3-8H2,1-2H3. The lowest BCUT2D eigenvalue weighted by Crippen LogP contribution is -2.23. The first-order valence-corrected chi connectivity index (χ1v) is 8.12. The molecule has 0 spiro atoms. The number of aromatic nitrogens is 2. The molecule has 1 aromatic heterocycles. The van der Waals surface area contributed by atoms with Gasteiger partial charge >= 0.3 is 0 Å².